The average molecular weight is 332 g/mol. The number of ether oxygens (including phenoxy) is 2. The lowest BCUT2D eigenvalue weighted by molar-refractivity contribution is 0.0476. The first-order chi connectivity index (χ1) is 11.7. The van der Waals surface area contributed by atoms with Crippen molar-refractivity contribution < 1.29 is 18.7 Å². The van der Waals surface area contributed by atoms with E-state index in [0.717, 1.165) is 5.56 Å². The second-order valence-corrected chi connectivity index (χ2v) is 5.32. The number of carbonyl (C=O) groups excluding carboxylic acids is 1. The van der Waals surface area contributed by atoms with Crippen LogP contribution in [0.1, 0.15) is 21.7 Å². The summed E-state index contributed by atoms with van der Waals surface area (Å²) in [5.41, 5.74) is 7.10. The predicted octanol–water partition coefficient (Wildman–Crippen LogP) is 2.04. The van der Waals surface area contributed by atoms with Gasteiger partial charge in [0.2, 0.25) is 0 Å². The Bertz CT molecular complexity index is 612. The number of methoxy groups -OCH3 is 1. The Morgan fingerprint density at radius 3 is 2.67 bits per heavy atom. The molecule has 130 valence electrons. The molecule has 0 fully saturated rings. The smallest absolute Gasteiger partial charge is 0.257 e. The number of carbonyl (C=O) groups is 1. The van der Waals surface area contributed by atoms with E-state index in [1.165, 1.54) is 6.26 Å². The van der Waals surface area contributed by atoms with E-state index in [-0.39, 0.29) is 12.5 Å². The van der Waals surface area contributed by atoms with Gasteiger partial charge in [-0.15, -0.1) is 0 Å². The molecule has 1 amide bonds. The maximum absolute atomic E-state index is 12.7. The minimum absolute atomic E-state index is 0.0994. The van der Waals surface area contributed by atoms with Crippen LogP contribution in [0.5, 0.6) is 0 Å². The van der Waals surface area contributed by atoms with Crippen molar-refractivity contribution in [2.45, 2.75) is 13.1 Å². The molecule has 0 aliphatic heterocycles. The van der Waals surface area contributed by atoms with Crippen molar-refractivity contribution in [1.82, 2.24) is 4.90 Å². The zero-order chi connectivity index (χ0) is 17.2. The second-order valence-electron chi connectivity index (χ2n) is 5.32. The third-order valence-electron chi connectivity index (χ3n) is 3.54. The third kappa shape index (κ3) is 5.49. The molecule has 1 heterocycles. The van der Waals surface area contributed by atoms with Gasteiger partial charge in [-0.2, -0.15) is 0 Å². The Morgan fingerprint density at radius 2 is 2.00 bits per heavy atom. The van der Waals surface area contributed by atoms with Crippen LogP contribution in [0.4, 0.5) is 0 Å². The standard InChI is InChI=1S/C18H24N2O4/c1-22-9-10-23-8-7-20(13-15-5-3-2-4-6-15)18(21)16-11-17(12-19)24-14-16/h2-6,11,14H,7-10,12-13,19H2,1H3. The van der Waals surface area contributed by atoms with E-state index < -0.39 is 0 Å². The number of amides is 1. The predicted molar refractivity (Wildman–Crippen MR) is 90.5 cm³/mol. The Kier molecular flexibility index (Phi) is 7.48. The Hall–Kier alpha value is -2.15. The SMILES string of the molecule is COCCOCCN(Cc1ccccc1)C(=O)c1coc(CN)c1. The lowest BCUT2D eigenvalue weighted by Crippen LogP contribution is -2.33. The molecule has 6 nitrogen and oxygen atoms in total. The Labute approximate surface area is 142 Å². The van der Waals surface area contributed by atoms with Gasteiger partial charge in [0.1, 0.15) is 12.0 Å². The second kappa shape index (κ2) is 9.87. The molecule has 1 aromatic heterocycles. The van der Waals surface area contributed by atoms with E-state index in [1.807, 2.05) is 30.3 Å². The molecule has 0 aliphatic rings. The monoisotopic (exact) mass is 332 g/mol. The number of rotatable bonds is 10. The van der Waals surface area contributed by atoms with Crippen LogP contribution >= 0.6 is 0 Å². The number of nitrogens with two attached hydrogens (primary N) is 1. The van der Waals surface area contributed by atoms with Crippen molar-refractivity contribution in [2.24, 2.45) is 5.73 Å². The molecule has 2 rings (SSSR count). The quantitative estimate of drug-likeness (QED) is 0.674. The summed E-state index contributed by atoms with van der Waals surface area (Å²) in [6, 6.07) is 11.5. The molecule has 2 aromatic rings. The van der Waals surface area contributed by atoms with Crippen molar-refractivity contribution >= 4 is 5.91 Å². The molecule has 0 atom stereocenters. The molecule has 0 spiro atoms. The summed E-state index contributed by atoms with van der Waals surface area (Å²) in [7, 11) is 1.63. The molecule has 0 saturated heterocycles. The minimum atomic E-state index is -0.0994. The van der Waals surface area contributed by atoms with Gasteiger partial charge in [0.25, 0.3) is 5.91 Å². The fraction of sp³-hybridized carbons (Fsp3) is 0.389. The van der Waals surface area contributed by atoms with Crippen molar-refractivity contribution in [3.05, 3.63) is 59.5 Å². The number of nitrogens with zero attached hydrogens (tertiary/aromatic N) is 1. The molecular weight excluding hydrogens is 308 g/mol. The van der Waals surface area contributed by atoms with Crippen LogP contribution in [-0.4, -0.2) is 44.3 Å². The van der Waals surface area contributed by atoms with Crippen LogP contribution in [0.2, 0.25) is 0 Å². The van der Waals surface area contributed by atoms with Gasteiger partial charge in [-0.1, -0.05) is 30.3 Å². The van der Waals surface area contributed by atoms with Gasteiger partial charge in [-0.25, -0.2) is 0 Å². The highest BCUT2D eigenvalue weighted by atomic mass is 16.5. The number of benzene rings is 1. The van der Waals surface area contributed by atoms with Gasteiger partial charge in [-0.3, -0.25) is 4.79 Å². The Balaban J connectivity index is 2.01. The molecule has 0 aliphatic carbocycles. The maximum atomic E-state index is 12.7. The van der Waals surface area contributed by atoms with E-state index in [0.29, 0.717) is 44.2 Å². The fourth-order valence-corrected chi connectivity index (χ4v) is 2.26. The van der Waals surface area contributed by atoms with Crippen molar-refractivity contribution in [2.75, 3.05) is 33.5 Å². The molecule has 0 radical (unpaired) electrons. The van der Waals surface area contributed by atoms with Gasteiger partial charge < -0.3 is 24.5 Å². The van der Waals surface area contributed by atoms with E-state index in [2.05, 4.69) is 0 Å². The first kappa shape index (κ1) is 18.2. The summed E-state index contributed by atoms with van der Waals surface area (Å²) >= 11 is 0. The van der Waals surface area contributed by atoms with Crippen LogP contribution in [0.3, 0.4) is 0 Å². The van der Waals surface area contributed by atoms with Crippen LogP contribution in [0.15, 0.2) is 47.1 Å². The van der Waals surface area contributed by atoms with Crippen LogP contribution in [0.25, 0.3) is 0 Å². The summed E-state index contributed by atoms with van der Waals surface area (Å²) in [6.07, 6.45) is 1.45. The van der Waals surface area contributed by atoms with E-state index >= 15 is 0 Å². The highest BCUT2D eigenvalue weighted by molar-refractivity contribution is 5.94. The van der Waals surface area contributed by atoms with Gasteiger partial charge in [-0.05, 0) is 11.6 Å². The molecule has 0 bridgehead atoms. The number of furan rings is 1. The fourth-order valence-electron chi connectivity index (χ4n) is 2.26. The molecular formula is C18H24N2O4. The highest BCUT2D eigenvalue weighted by Gasteiger charge is 2.18. The normalized spacial score (nSPS) is 10.8. The van der Waals surface area contributed by atoms with Crippen molar-refractivity contribution in [3.8, 4) is 0 Å². The van der Waals surface area contributed by atoms with E-state index in [9.17, 15) is 4.79 Å². The first-order valence-electron chi connectivity index (χ1n) is 7.92. The van der Waals surface area contributed by atoms with Crippen LogP contribution in [0, 0.1) is 0 Å². The van der Waals surface area contributed by atoms with Crippen LogP contribution in [-0.2, 0) is 22.6 Å². The molecule has 2 N–H and O–H groups in total. The van der Waals surface area contributed by atoms with E-state index in [1.54, 1.807) is 18.1 Å². The molecule has 0 unspecified atom stereocenters. The third-order valence-corrected chi connectivity index (χ3v) is 3.54. The largest absolute Gasteiger partial charge is 0.467 e. The average Bonchev–Trinajstić information content (AvgIpc) is 3.10. The maximum Gasteiger partial charge on any atom is 0.257 e. The first-order valence-corrected chi connectivity index (χ1v) is 7.92. The zero-order valence-corrected chi connectivity index (χ0v) is 13.9. The molecule has 0 saturated carbocycles. The number of hydrogen-bond acceptors (Lipinski definition) is 5. The summed E-state index contributed by atoms with van der Waals surface area (Å²) < 4.78 is 15.7. The Morgan fingerprint density at radius 1 is 1.21 bits per heavy atom. The molecule has 6 heteroatoms. The van der Waals surface area contributed by atoms with Crippen molar-refractivity contribution in [1.29, 1.82) is 0 Å². The molecule has 1 aromatic carbocycles. The summed E-state index contributed by atoms with van der Waals surface area (Å²) in [5.74, 6) is 0.493. The van der Waals surface area contributed by atoms with E-state index in [4.69, 9.17) is 19.6 Å². The zero-order valence-electron chi connectivity index (χ0n) is 13.9. The van der Waals surface area contributed by atoms with Gasteiger partial charge in [0.15, 0.2) is 0 Å². The summed E-state index contributed by atoms with van der Waals surface area (Å²) in [6.45, 7) is 2.76. The highest BCUT2D eigenvalue weighted by Crippen LogP contribution is 2.13. The number of hydrogen-bond donors (Lipinski definition) is 1. The van der Waals surface area contributed by atoms with Crippen molar-refractivity contribution in [3.63, 3.8) is 0 Å². The van der Waals surface area contributed by atoms with Gasteiger partial charge in [0.05, 0.1) is 31.9 Å². The van der Waals surface area contributed by atoms with Crippen LogP contribution < -0.4 is 5.73 Å². The topological polar surface area (TPSA) is 77.9 Å². The summed E-state index contributed by atoms with van der Waals surface area (Å²) in [4.78, 5) is 14.5. The molecule has 24 heavy (non-hydrogen) atoms. The minimum Gasteiger partial charge on any atom is -0.467 e. The summed E-state index contributed by atoms with van der Waals surface area (Å²) in [5, 5.41) is 0. The lowest BCUT2D eigenvalue weighted by atomic mass is 10.2. The lowest BCUT2D eigenvalue weighted by Gasteiger charge is -2.22. The van der Waals surface area contributed by atoms with Gasteiger partial charge in [0, 0.05) is 20.2 Å². The van der Waals surface area contributed by atoms with Gasteiger partial charge >= 0.3 is 0 Å².